The molecule has 0 amide bonds. The zero-order valence-corrected chi connectivity index (χ0v) is 15.3. The van der Waals surface area contributed by atoms with Crippen molar-refractivity contribution < 1.29 is 12.6 Å². The average molecular weight is 414 g/mol. The van der Waals surface area contributed by atoms with Crippen molar-refractivity contribution in [2.75, 3.05) is 0 Å². The van der Waals surface area contributed by atoms with E-state index in [2.05, 4.69) is 0 Å². The Kier molecular flexibility index (Phi) is 5.94. The van der Waals surface area contributed by atoms with Crippen LogP contribution in [0.15, 0.2) is 46.9 Å². The Bertz CT molecular complexity index is 1040. The van der Waals surface area contributed by atoms with Crippen LogP contribution in [0.3, 0.4) is 0 Å². The molecule has 2 aromatic carbocycles. The van der Waals surface area contributed by atoms with Crippen molar-refractivity contribution in [2.24, 2.45) is 0 Å². The molecular formula is C16H7Cl3N2O3S. The lowest BCUT2D eigenvalue weighted by Crippen LogP contribution is -2.10. The fraction of sp³-hybridized carbons (Fsp3) is 0. The van der Waals surface area contributed by atoms with Crippen molar-refractivity contribution in [2.45, 2.75) is 4.90 Å². The Balaban J connectivity index is 2.40. The molecule has 2 aromatic rings. The number of hydrogen-bond acceptors (Lipinski definition) is 5. The van der Waals surface area contributed by atoms with Crippen LogP contribution in [0, 0.1) is 22.7 Å². The van der Waals surface area contributed by atoms with Gasteiger partial charge in [0.15, 0.2) is 0 Å². The summed E-state index contributed by atoms with van der Waals surface area (Å²) in [5.41, 5.74) is 0.290. The van der Waals surface area contributed by atoms with E-state index in [-0.39, 0.29) is 31.3 Å². The fourth-order valence-corrected chi connectivity index (χ4v) is 3.68. The van der Waals surface area contributed by atoms with Crippen molar-refractivity contribution in [1.82, 2.24) is 0 Å². The predicted molar refractivity (Wildman–Crippen MR) is 94.9 cm³/mol. The summed E-state index contributed by atoms with van der Waals surface area (Å²) in [4.78, 5) is -0.334. The zero-order chi connectivity index (χ0) is 18.6. The number of nitriles is 2. The van der Waals surface area contributed by atoms with E-state index in [4.69, 9.17) is 49.5 Å². The van der Waals surface area contributed by atoms with Crippen LogP contribution < -0.4 is 4.18 Å². The third-order valence-electron chi connectivity index (χ3n) is 2.86. The highest BCUT2D eigenvalue weighted by atomic mass is 35.5. The van der Waals surface area contributed by atoms with E-state index in [0.717, 1.165) is 6.07 Å². The molecule has 9 heteroatoms. The fourth-order valence-electron chi connectivity index (χ4n) is 1.78. The SMILES string of the molecule is N#CC(C#N)=Cc1cccc(OS(=O)(=O)c2cc(Cl)c(Cl)cc2Cl)c1. The Morgan fingerprint density at radius 3 is 2.28 bits per heavy atom. The van der Waals surface area contributed by atoms with E-state index in [1.165, 1.54) is 30.3 Å². The van der Waals surface area contributed by atoms with Crippen LogP contribution in [0.5, 0.6) is 5.75 Å². The number of halogens is 3. The van der Waals surface area contributed by atoms with Gasteiger partial charge in [-0.3, -0.25) is 0 Å². The Hall–Kier alpha value is -2.22. The molecule has 0 aliphatic heterocycles. The lowest BCUT2D eigenvalue weighted by Gasteiger charge is -2.10. The van der Waals surface area contributed by atoms with Crippen LogP contribution in [0.4, 0.5) is 0 Å². The van der Waals surface area contributed by atoms with Gasteiger partial charge in [-0.15, -0.1) is 0 Å². The van der Waals surface area contributed by atoms with Crippen LogP contribution in [-0.4, -0.2) is 8.42 Å². The van der Waals surface area contributed by atoms with Gasteiger partial charge in [0.05, 0.1) is 15.1 Å². The molecule has 126 valence electrons. The van der Waals surface area contributed by atoms with Gasteiger partial charge in [-0.25, -0.2) is 0 Å². The smallest absolute Gasteiger partial charge is 0.340 e. The van der Waals surface area contributed by atoms with Crippen molar-refractivity contribution in [1.29, 1.82) is 10.5 Å². The molecule has 0 saturated carbocycles. The number of benzene rings is 2. The third-order valence-corrected chi connectivity index (χ3v) is 5.30. The first-order valence-electron chi connectivity index (χ1n) is 6.48. The maximum absolute atomic E-state index is 12.4. The van der Waals surface area contributed by atoms with Crippen LogP contribution in [0.1, 0.15) is 5.56 Å². The van der Waals surface area contributed by atoms with Crippen LogP contribution in [0.25, 0.3) is 6.08 Å². The quantitative estimate of drug-likeness (QED) is 0.406. The average Bonchev–Trinajstić information content (AvgIpc) is 2.55. The number of allylic oxidation sites excluding steroid dienone is 1. The van der Waals surface area contributed by atoms with Crippen molar-refractivity contribution in [3.63, 3.8) is 0 Å². The van der Waals surface area contributed by atoms with E-state index < -0.39 is 10.1 Å². The van der Waals surface area contributed by atoms with Gasteiger partial charge in [0.25, 0.3) is 0 Å². The molecule has 0 bridgehead atoms. The molecule has 0 radical (unpaired) electrons. The lowest BCUT2D eigenvalue weighted by atomic mass is 10.1. The van der Waals surface area contributed by atoms with Gasteiger partial charge in [0.2, 0.25) is 0 Å². The van der Waals surface area contributed by atoms with Gasteiger partial charge in [0, 0.05) is 0 Å². The van der Waals surface area contributed by atoms with Crippen molar-refractivity contribution >= 4 is 51.0 Å². The number of hydrogen-bond donors (Lipinski definition) is 0. The van der Waals surface area contributed by atoms with Gasteiger partial charge in [-0.1, -0.05) is 46.9 Å². The maximum atomic E-state index is 12.4. The van der Waals surface area contributed by atoms with Crippen LogP contribution in [-0.2, 0) is 10.1 Å². The first-order chi connectivity index (χ1) is 11.8. The number of rotatable bonds is 4. The largest absolute Gasteiger partial charge is 0.379 e. The number of nitrogens with zero attached hydrogens (tertiary/aromatic N) is 2. The minimum atomic E-state index is -4.27. The Morgan fingerprint density at radius 2 is 1.64 bits per heavy atom. The summed E-state index contributed by atoms with van der Waals surface area (Å²) in [6, 6.07) is 11.6. The van der Waals surface area contributed by atoms with Crippen LogP contribution in [0.2, 0.25) is 15.1 Å². The normalized spacial score (nSPS) is 10.4. The summed E-state index contributed by atoms with van der Waals surface area (Å²) in [6.07, 6.45) is 1.30. The molecule has 2 rings (SSSR count). The zero-order valence-electron chi connectivity index (χ0n) is 12.2. The minimum Gasteiger partial charge on any atom is -0.379 e. The van der Waals surface area contributed by atoms with E-state index in [1.54, 1.807) is 18.2 Å². The second-order valence-corrected chi connectivity index (χ2v) is 7.32. The molecule has 0 saturated heterocycles. The summed E-state index contributed by atoms with van der Waals surface area (Å²) in [6.45, 7) is 0. The molecule has 0 heterocycles. The lowest BCUT2D eigenvalue weighted by molar-refractivity contribution is 0.486. The summed E-state index contributed by atoms with van der Waals surface area (Å²) < 4.78 is 29.9. The molecule has 25 heavy (non-hydrogen) atoms. The minimum absolute atomic E-state index is 0.0117. The second-order valence-electron chi connectivity index (χ2n) is 4.59. The highest BCUT2D eigenvalue weighted by Crippen LogP contribution is 2.33. The molecular weight excluding hydrogens is 407 g/mol. The summed E-state index contributed by atoms with van der Waals surface area (Å²) in [5, 5.41) is 17.5. The monoisotopic (exact) mass is 412 g/mol. The predicted octanol–water partition coefficient (Wildman–Crippen LogP) is 4.85. The third kappa shape index (κ3) is 4.66. The summed E-state index contributed by atoms with van der Waals surface area (Å²) in [7, 11) is -4.27. The van der Waals surface area contributed by atoms with E-state index in [9.17, 15) is 8.42 Å². The molecule has 5 nitrogen and oxygen atoms in total. The summed E-state index contributed by atoms with van der Waals surface area (Å²) >= 11 is 17.5. The van der Waals surface area contributed by atoms with Gasteiger partial charge >= 0.3 is 10.1 Å². The van der Waals surface area contributed by atoms with Gasteiger partial charge in [-0.05, 0) is 35.9 Å². The molecule has 0 spiro atoms. The highest BCUT2D eigenvalue weighted by Gasteiger charge is 2.22. The molecule has 0 aliphatic carbocycles. The molecule has 0 atom stereocenters. The van der Waals surface area contributed by atoms with Gasteiger partial charge < -0.3 is 4.18 Å². The van der Waals surface area contributed by atoms with Crippen molar-refractivity contribution in [3.05, 3.63) is 62.6 Å². The maximum Gasteiger partial charge on any atom is 0.340 e. The van der Waals surface area contributed by atoms with Gasteiger partial charge in [0.1, 0.15) is 28.4 Å². The Morgan fingerprint density at radius 1 is 1.00 bits per heavy atom. The molecule has 0 aliphatic rings. The van der Waals surface area contributed by atoms with E-state index in [0.29, 0.717) is 5.56 Å². The van der Waals surface area contributed by atoms with E-state index >= 15 is 0 Å². The van der Waals surface area contributed by atoms with Crippen LogP contribution >= 0.6 is 34.8 Å². The van der Waals surface area contributed by atoms with E-state index in [1.807, 2.05) is 0 Å². The highest BCUT2D eigenvalue weighted by molar-refractivity contribution is 7.87. The first kappa shape index (κ1) is 19.1. The second kappa shape index (κ2) is 7.77. The standard InChI is InChI=1S/C16H7Cl3N2O3S/c17-13-6-15(19)16(7-14(13)18)25(22,23)24-12-3-1-2-10(5-12)4-11(8-20)9-21/h1-7H. The van der Waals surface area contributed by atoms with Crippen molar-refractivity contribution in [3.8, 4) is 17.9 Å². The van der Waals surface area contributed by atoms with Gasteiger partial charge in [-0.2, -0.15) is 18.9 Å². The Labute approximate surface area is 159 Å². The molecule has 0 aromatic heterocycles. The molecule has 0 fully saturated rings. The first-order valence-corrected chi connectivity index (χ1v) is 9.02. The summed E-state index contributed by atoms with van der Waals surface area (Å²) in [5.74, 6) is -0.0221. The molecule has 0 N–H and O–H groups in total. The topological polar surface area (TPSA) is 90.9 Å². The molecule has 0 unspecified atom stereocenters.